The Balaban J connectivity index is 2.29. The van der Waals surface area contributed by atoms with Gasteiger partial charge in [-0.25, -0.2) is 4.68 Å². The van der Waals surface area contributed by atoms with Crippen LogP contribution in [0.5, 0.6) is 0 Å². The maximum atomic E-state index is 12.9. The van der Waals surface area contributed by atoms with Crippen molar-refractivity contribution in [1.29, 1.82) is 0 Å². The summed E-state index contributed by atoms with van der Waals surface area (Å²) < 4.78 is 39.7. The SMILES string of the molecule is CC(C)(C)Cc1cc2n(n1)C(C(F)(F)F)CCN2. The Morgan fingerprint density at radius 1 is 1.39 bits per heavy atom. The van der Waals surface area contributed by atoms with Gasteiger partial charge in [0.25, 0.3) is 0 Å². The van der Waals surface area contributed by atoms with Crippen molar-refractivity contribution < 1.29 is 13.2 Å². The Bertz CT molecular complexity index is 429. The minimum absolute atomic E-state index is 0.0121. The van der Waals surface area contributed by atoms with Crippen molar-refractivity contribution in [2.24, 2.45) is 5.41 Å². The molecule has 1 unspecified atom stereocenters. The summed E-state index contributed by atoms with van der Waals surface area (Å²) in [5.74, 6) is 0.475. The second-order valence-corrected chi connectivity index (χ2v) is 5.98. The van der Waals surface area contributed by atoms with Crippen molar-refractivity contribution in [2.45, 2.75) is 45.8 Å². The van der Waals surface area contributed by atoms with Gasteiger partial charge >= 0.3 is 6.18 Å². The number of nitrogens with zero attached hydrogens (tertiary/aromatic N) is 2. The lowest BCUT2D eigenvalue weighted by Gasteiger charge is -2.27. The molecule has 1 atom stereocenters. The van der Waals surface area contributed by atoms with Crippen LogP contribution in [-0.2, 0) is 6.42 Å². The van der Waals surface area contributed by atoms with Crippen molar-refractivity contribution in [3.05, 3.63) is 11.8 Å². The number of anilines is 1. The van der Waals surface area contributed by atoms with Gasteiger partial charge in [0.05, 0.1) is 5.69 Å². The fraction of sp³-hybridized carbons (Fsp3) is 0.750. The molecule has 1 aliphatic rings. The fourth-order valence-electron chi connectivity index (χ4n) is 2.21. The molecular formula is C12H18F3N3. The van der Waals surface area contributed by atoms with Crippen LogP contribution in [0.4, 0.5) is 19.0 Å². The molecule has 0 aromatic carbocycles. The summed E-state index contributed by atoms with van der Waals surface area (Å²) in [5.41, 5.74) is 0.722. The van der Waals surface area contributed by atoms with E-state index in [-0.39, 0.29) is 11.8 Å². The Morgan fingerprint density at radius 3 is 2.61 bits per heavy atom. The Morgan fingerprint density at radius 2 is 2.06 bits per heavy atom. The number of fused-ring (bicyclic) bond motifs is 1. The van der Waals surface area contributed by atoms with E-state index in [1.807, 2.05) is 20.8 Å². The molecule has 0 bridgehead atoms. The lowest BCUT2D eigenvalue weighted by atomic mass is 9.91. The van der Waals surface area contributed by atoms with E-state index in [2.05, 4.69) is 10.4 Å². The van der Waals surface area contributed by atoms with Crippen LogP contribution < -0.4 is 5.32 Å². The van der Waals surface area contributed by atoms with E-state index in [0.717, 1.165) is 4.68 Å². The lowest BCUT2D eigenvalue weighted by molar-refractivity contribution is -0.171. The zero-order chi connectivity index (χ0) is 13.6. The molecule has 0 fully saturated rings. The summed E-state index contributed by atoms with van der Waals surface area (Å²) in [4.78, 5) is 0. The van der Waals surface area contributed by atoms with E-state index in [0.29, 0.717) is 24.5 Å². The first-order valence-electron chi connectivity index (χ1n) is 6.06. The van der Waals surface area contributed by atoms with Gasteiger partial charge in [0, 0.05) is 12.6 Å². The van der Waals surface area contributed by atoms with Crippen LogP contribution in [-0.4, -0.2) is 22.5 Å². The van der Waals surface area contributed by atoms with Crippen LogP contribution >= 0.6 is 0 Å². The second kappa shape index (κ2) is 4.17. The maximum Gasteiger partial charge on any atom is 0.410 e. The molecule has 0 spiro atoms. The minimum atomic E-state index is -4.23. The third-order valence-electron chi connectivity index (χ3n) is 2.89. The molecule has 1 aromatic rings. The molecule has 0 aliphatic carbocycles. The zero-order valence-corrected chi connectivity index (χ0v) is 10.8. The summed E-state index contributed by atoms with van der Waals surface area (Å²) in [5, 5.41) is 7.09. The molecular weight excluding hydrogens is 243 g/mol. The molecule has 0 saturated carbocycles. The van der Waals surface area contributed by atoms with Crippen molar-refractivity contribution in [3.63, 3.8) is 0 Å². The van der Waals surface area contributed by atoms with Crippen molar-refractivity contribution in [2.75, 3.05) is 11.9 Å². The molecule has 18 heavy (non-hydrogen) atoms. The van der Waals surface area contributed by atoms with Crippen LogP contribution in [0, 0.1) is 5.41 Å². The molecule has 2 heterocycles. The number of alkyl halides is 3. The number of hydrogen-bond donors (Lipinski definition) is 1. The van der Waals surface area contributed by atoms with Gasteiger partial charge in [0.15, 0.2) is 6.04 Å². The third kappa shape index (κ3) is 2.79. The zero-order valence-electron chi connectivity index (χ0n) is 10.8. The largest absolute Gasteiger partial charge is 0.410 e. The highest BCUT2D eigenvalue weighted by Crippen LogP contribution is 2.37. The standard InChI is InChI=1S/C12H18F3N3/c1-11(2,3)7-8-6-10-16-5-4-9(12(13,14)15)18(10)17-8/h6,9,16H,4-5,7H2,1-3H3. The normalized spacial score (nSPS) is 20.4. The highest BCUT2D eigenvalue weighted by Gasteiger charge is 2.43. The van der Waals surface area contributed by atoms with E-state index >= 15 is 0 Å². The van der Waals surface area contributed by atoms with Gasteiger partial charge in [0.2, 0.25) is 0 Å². The van der Waals surface area contributed by atoms with E-state index in [1.165, 1.54) is 0 Å². The number of rotatable bonds is 1. The fourth-order valence-corrected chi connectivity index (χ4v) is 2.21. The number of halogens is 3. The van der Waals surface area contributed by atoms with Crippen LogP contribution in [0.2, 0.25) is 0 Å². The van der Waals surface area contributed by atoms with Crippen LogP contribution in [0.1, 0.15) is 38.9 Å². The topological polar surface area (TPSA) is 29.9 Å². The van der Waals surface area contributed by atoms with Crippen molar-refractivity contribution in [3.8, 4) is 0 Å². The molecule has 1 aromatic heterocycles. The molecule has 0 saturated heterocycles. The minimum Gasteiger partial charge on any atom is -0.370 e. The number of nitrogens with one attached hydrogen (secondary N) is 1. The van der Waals surface area contributed by atoms with Gasteiger partial charge < -0.3 is 5.32 Å². The Kier molecular flexibility index (Phi) is 3.07. The maximum absolute atomic E-state index is 12.9. The summed E-state index contributed by atoms with van der Waals surface area (Å²) in [6.45, 7) is 6.46. The predicted octanol–water partition coefficient (Wildman–Crippen LogP) is 3.39. The molecule has 6 heteroatoms. The van der Waals surface area contributed by atoms with Gasteiger partial charge in [-0.1, -0.05) is 20.8 Å². The molecule has 102 valence electrons. The lowest BCUT2D eigenvalue weighted by Crippen LogP contribution is -2.33. The smallest absolute Gasteiger partial charge is 0.370 e. The first-order chi connectivity index (χ1) is 8.17. The molecule has 2 rings (SSSR count). The Labute approximate surface area is 104 Å². The van der Waals surface area contributed by atoms with E-state index in [1.54, 1.807) is 6.07 Å². The first-order valence-corrected chi connectivity index (χ1v) is 6.06. The third-order valence-corrected chi connectivity index (χ3v) is 2.89. The molecule has 1 aliphatic heterocycles. The highest BCUT2D eigenvalue weighted by molar-refractivity contribution is 5.39. The van der Waals surface area contributed by atoms with Gasteiger partial charge in [-0.15, -0.1) is 0 Å². The average Bonchev–Trinajstić information content (AvgIpc) is 2.53. The van der Waals surface area contributed by atoms with Gasteiger partial charge in [-0.3, -0.25) is 0 Å². The quantitative estimate of drug-likeness (QED) is 0.839. The van der Waals surface area contributed by atoms with Crippen molar-refractivity contribution in [1.82, 2.24) is 9.78 Å². The number of hydrogen-bond acceptors (Lipinski definition) is 2. The van der Waals surface area contributed by atoms with Crippen molar-refractivity contribution >= 4 is 5.82 Å². The monoisotopic (exact) mass is 261 g/mol. The van der Waals surface area contributed by atoms with Gasteiger partial charge in [0.1, 0.15) is 5.82 Å². The first kappa shape index (κ1) is 13.2. The highest BCUT2D eigenvalue weighted by atomic mass is 19.4. The summed E-state index contributed by atoms with van der Waals surface area (Å²) >= 11 is 0. The summed E-state index contributed by atoms with van der Waals surface area (Å²) in [6, 6.07) is 0.228. The average molecular weight is 261 g/mol. The molecule has 1 N–H and O–H groups in total. The van der Waals surface area contributed by atoms with Crippen LogP contribution in [0.3, 0.4) is 0 Å². The van der Waals surface area contributed by atoms with E-state index in [4.69, 9.17) is 0 Å². The van der Waals surface area contributed by atoms with Crippen LogP contribution in [0.25, 0.3) is 0 Å². The molecule has 3 nitrogen and oxygen atoms in total. The van der Waals surface area contributed by atoms with Gasteiger partial charge in [-0.2, -0.15) is 18.3 Å². The predicted molar refractivity (Wildman–Crippen MR) is 63.6 cm³/mol. The summed E-state index contributed by atoms with van der Waals surface area (Å²) in [7, 11) is 0. The van der Waals surface area contributed by atoms with Gasteiger partial charge in [-0.05, 0) is 18.3 Å². The van der Waals surface area contributed by atoms with E-state index in [9.17, 15) is 13.2 Å². The molecule has 0 amide bonds. The van der Waals surface area contributed by atoms with E-state index < -0.39 is 12.2 Å². The second-order valence-electron chi connectivity index (χ2n) is 5.98. The molecule has 0 radical (unpaired) electrons. The number of aromatic nitrogens is 2. The summed E-state index contributed by atoms with van der Waals surface area (Å²) in [6.07, 6.45) is -3.53. The Hall–Kier alpha value is -1.20. The van der Waals surface area contributed by atoms with Crippen LogP contribution in [0.15, 0.2) is 6.07 Å².